The van der Waals surface area contributed by atoms with Gasteiger partial charge in [0.25, 0.3) is 11.8 Å². The number of rotatable bonds is 4. The maximum Gasteiger partial charge on any atom is 0.255 e. The Kier molecular flexibility index (Phi) is 4.99. The van der Waals surface area contributed by atoms with E-state index in [1.54, 1.807) is 37.4 Å². The zero-order valence-corrected chi connectivity index (χ0v) is 15.7. The number of aromatic nitrogens is 2. The van der Waals surface area contributed by atoms with E-state index in [4.69, 9.17) is 4.74 Å². The van der Waals surface area contributed by atoms with Crippen LogP contribution < -0.4 is 15.0 Å². The lowest BCUT2D eigenvalue weighted by Crippen LogP contribution is -2.49. The molecular formula is C21H19FN4O3. The van der Waals surface area contributed by atoms with E-state index in [1.165, 1.54) is 28.0 Å². The van der Waals surface area contributed by atoms with Gasteiger partial charge in [-0.15, -0.1) is 0 Å². The van der Waals surface area contributed by atoms with E-state index in [2.05, 4.69) is 10.4 Å². The Labute approximate surface area is 166 Å². The minimum absolute atomic E-state index is 0.0231. The van der Waals surface area contributed by atoms with Crippen LogP contribution in [0.5, 0.6) is 5.75 Å². The van der Waals surface area contributed by atoms with Gasteiger partial charge in [0, 0.05) is 18.8 Å². The van der Waals surface area contributed by atoms with Gasteiger partial charge < -0.3 is 15.0 Å². The van der Waals surface area contributed by atoms with Crippen molar-refractivity contribution in [2.75, 3.05) is 18.6 Å². The van der Waals surface area contributed by atoms with E-state index in [0.717, 1.165) is 0 Å². The summed E-state index contributed by atoms with van der Waals surface area (Å²) >= 11 is 0. The summed E-state index contributed by atoms with van der Waals surface area (Å²) in [5.74, 6) is -0.483. The first-order valence-corrected chi connectivity index (χ1v) is 9.09. The molecule has 7 nitrogen and oxygen atoms in total. The molecule has 1 aromatic heterocycles. The molecule has 29 heavy (non-hydrogen) atoms. The third kappa shape index (κ3) is 3.82. The van der Waals surface area contributed by atoms with Crippen LogP contribution in [-0.4, -0.2) is 41.3 Å². The molecule has 2 aromatic carbocycles. The van der Waals surface area contributed by atoms with Crippen molar-refractivity contribution in [2.45, 2.75) is 12.6 Å². The van der Waals surface area contributed by atoms with Crippen molar-refractivity contribution < 1.29 is 18.7 Å². The van der Waals surface area contributed by atoms with Crippen molar-refractivity contribution in [3.63, 3.8) is 0 Å². The summed E-state index contributed by atoms with van der Waals surface area (Å²) in [6, 6.07) is 12.7. The summed E-state index contributed by atoms with van der Waals surface area (Å²) in [5, 5.41) is 6.81. The topological polar surface area (TPSA) is 76.5 Å². The molecule has 1 unspecified atom stereocenters. The van der Waals surface area contributed by atoms with Gasteiger partial charge in [0.1, 0.15) is 24.2 Å². The molecule has 0 saturated carbocycles. The van der Waals surface area contributed by atoms with Crippen molar-refractivity contribution in [3.05, 3.63) is 77.9 Å². The highest BCUT2D eigenvalue weighted by molar-refractivity contribution is 6.03. The SMILES string of the molecule is CN1C(=O)C(NC(=O)c2cnn(Cc3ccccc3F)c2)COc2ccccc21. The summed E-state index contributed by atoms with van der Waals surface area (Å²) in [7, 11) is 1.64. The zero-order chi connectivity index (χ0) is 20.4. The van der Waals surface area contributed by atoms with Gasteiger partial charge in [0.2, 0.25) is 0 Å². The summed E-state index contributed by atoms with van der Waals surface area (Å²) < 4.78 is 21.0. The number of hydrogen-bond acceptors (Lipinski definition) is 4. The van der Waals surface area contributed by atoms with Crippen LogP contribution in [0.1, 0.15) is 15.9 Å². The normalized spacial score (nSPS) is 16.0. The van der Waals surface area contributed by atoms with Crippen LogP contribution >= 0.6 is 0 Å². The van der Waals surface area contributed by atoms with Gasteiger partial charge in [-0.25, -0.2) is 4.39 Å². The fourth-order valence-corrected chi connectivity index (χ4v) is 3.17. The monoisotopic (exact) mass is 394 g/mol. The fourth-order valence-electron chi connectivity index (χ4n) is 3.17. The number of halogens is 1. The Morgan fingerprint density at radius 3 is 2.83 bits per heavy atom. The number of anilines is 1. The molecule has 1 aliphatic heterocycles. The lowest BCUT2D eigenvalue weighted by atomic mass is 10.2. The van der Waals surface area contributed by atoms with Gasteiger partial charge in [-0.1, -0.05) is 30.3 Å². The number of fused-ring (bicyclic) bond motifs is 1. The highest BCUT2D eigenvalue weighted by atomic mass is 19.1. The van der Waals surface area contributed by atoms with Crippen molar-refractivity contribution in [3.8, 4) is 5.75 Å². The maximum absolute atomic E-state index is 13.8. The first kappa shape index (κ1) is 18.7. The predicted molar refractivity (Wildman–Crippen MR) is 104 cm³/mol. The molecule has 0 aliphatic carbocycles. The van der Waals surface area contributed by atoms with E-state index in [1.807, 2.05) is 12.1 Å². The van der Waals surface area contributed by atoms with Crippen LogP contribution in [0.3, 0.4) is 0 Å². The second kappa shape index (κ2) is 7.75. The number of benzene rings is 2. The molecule has 2 amide bonds. The first-order chi connectivity index (χ1) is 14.0. The standard InChI is InChI=1S/C21H19FN4O3/c1-25-18-8-4-5-9-19(18)29-13-17(21(25)28)24-20(27)15-10-23-26(12-15)11-14-6-2-3-7-16(14)22/h2-10,12,17H,11,13H2,1H3,(H,24,27). The molecule has 0 bridgehead atoms. The number of nitrogens with one attached hydrogen (secondary N) is 1. The summed E-state index contributed by atoms with van der Waals surface area (Å²) in [6.07, 6.45) is 2.90. The minimum Gasteiger partial charge on any atom is -0.489 e. The number of carbonyl (C=O) groups excluding carboxylic acids is 2. The molecule has 0 saturated heterocycles. The van der Waals surface area contributed by atoms with Crippen LogP contribution in [0.4, 0.5) is 10.1 Å². The van der Waals surface area contributed by atoms with E-state index in [9.17, 15) is 14.0 Å². The van der Waals surface area contributed by atoms with E-state index in [-0.39, 0.29) is 30.4 Å². The van der Waals surface area contributed by atoms with Crippen LogP contribution in [0.25, 0.3) is 0 Å². The number of amides is 2. The Balaban J connectivity index is 1.45. The zero-order valence-electron chi connectivity index (χ0n) is 15.7. The molecule has 3 aromatic rings. The van der Waals surface area contributed by atoms with Crippen LogP contribution in [0.15, 0.2) is 60.9 Å². The number of hydrogen-bond donors (Lipinski definition) is 1. The number of nitrogens with zero attached hydrogens (tertiary/aromatic N) is 3. The summed E-state index contributed by atoms with van der Waals surface area (Å²) in [5.41, 5.74) is 1.39. The molecule has 8 heteroatoms. The van der Waals surface area contributed by atoms with Crippen LogP contribution in [-0.2, 0) is 11.3 Å². The molecular weight excluding hydrogens is 375 g/mol. The minimum atomic E-state index is -0.838. The quantitative estimate of drug-likeness (QED) is 0.736. The average Bonchev–Trinajstić information content (AvgIpc) is 3.16. The molecule has 1 atom stereocenters. The van der Waals surface area contributed by atoms with Crippen molar-refractivity contribution >= 4 is 17.5 Å². The Morgan fingerprint density at radius 2 is 2.00 bits per heavy atom. The number of para-hydroxylation sites is 2. The fraction of sp³-hybridized carbons (Fsp3) is 0.190. The molecule has 0 spiro atoms. The maximum atomic E-state index is 13.8. The third-order valence-corrected chi connectivity index (χ3v) is 4.75. The van der Waals surface area contributed by atoms with Crippen molar-refractivity contribution in [2.24, 2.45) is 0 Å². The van der Waals surface area contributed by atoms with Crippen LogP contribution in [0, 0.1) is 5.82 Å². The number of ether oxygens (including phenoxy) is 1. The lowest BCUT2D eigenvalue weighted by Gasteiger charge is -2.20. The summed E-state index contributed by atoms with van der Waals surface area (Å²) in [6.45, 7) is 0.221. The molecule has 2 heterocycles. The predicted octanol–water partition coefficient (Wildman–Crippen LogP) is 2.22. The summed E-state index contributed by atoms with van der Waals surface area (Å²) in [4.78, 5) is 26.8. The molecule has 1 aliphatic rings. The first-order valence-electron chi connectivity index (χ1n) is 9.09. The highest BCUT2D eigenvalue weighted by Crippen LogP contribution is 2.29. The molecule has 0 radical (unpaired) electrons. The Hall–Kier alpha value is -3.68. The molecule has 4 rings (SSSR count). The lowest BCUT2D eigenvalue weighted by molar-refractivity contribution is -0.120. The second-order valence-corrected chi connectivity index (χ2v) is 6.72. The van der Waals surface area contributed by atoms with Gasteiger partial charge in [0.05, 0.1) is 24.0 Å². The van der Waals surface area contributed by atoms with Crippen molar-refractivity contribution in [1.82, 2.24) is 15.1 Å². The van der Waals surface area contributed by atoms with E-state index in [0.29, 0.717) is 17.0 Å². The molecule has 1 N–H and O–H groups in total. The van der Waals surface area contributed by atoms with Gasteiger partial charge in [-0.2, -0.15) is 5.10 Å². The number of likely N-dealkylation sites (N-methyl/N-ethyl adjacent to an activating group) is 1. The third-order valence-electron chi connectivity index (χ3n) is 4.75. The Bertz CT molecular complexity index is 1070. The van der Waals surface area contributed by atoms with Gasteiger partial charge in [0.15, 0.2) is 0 Å². The van der Waals surface area contributed by atoms with Gasteiger partial charge >= 0.3 is 0 Å². The molecule has 0 fully saturated rings. The Morgan fingerprint density at radius 1 is 1.24 bits per heavy atom. The highest BCUT2D eigenvalue weighted by Gasteiger charge is 2.30. The van der Waals surface area contributed by atoms with Crippen molar-refractivity contribution in [1.29, 1.82) is 0 Å². The smallest absolute Gasteiger partial charge is 0.255 e. The van der Waals surface area contributed by atoms with Gasteiger partial charge in [-0.3, -0.25) is 14.3 Å². The van der Waals surface area contributed by atoms with E-state index < -0.39 is 11.9 Å². The van der Waals surface area contributed by atoms with Crippen LogP contribution in [0.2, 0.25) is 0 Å². The molecule has 148 valence electrons. The second-order valence-electron chi connectivity index (χ2n) is 6.72. The van der Waals surface area contributed by atoms with E-state index >= 15 is 0 Å². The number of carbonyl (C=O) groups is 2. The largest absolute Gasteiger partial charge is 0.489 e. The van der Waals surface area contributed by atoms with Gasteiger partial charge in [-0.05, 0) is 18.2 Å². The average molecular weight is 394 g/mol.